The first-order valence-corrected chi connectivity index (χ1v) is 13.3. The highest BCUT2D eigenvalue weighted by molar-refractivity contribution is 5.83. The zero-order valence-electron chi connectivity index (χ0n) is 22.9. The topological polar surface area (TPSA) is 144 Å². The molecular weight excluding hydrogens is 508 g/mol. The number of rotatable bonds is 6. The van der Waals surface area contributed by atoms with Crippen LogP contribution in [0.2, 0.25) is 0 Å². The van der Waals surface area contributed by atoms with Crippen LogP contribution in [0.4, 0.5) is 4.79 Å². The number of carbonyl (C=O) groups excluding carboxylic acids is 3. The van der Waals surface area contributed by atoms with E-state index in [0.717, 1.165) is 17.7 Å². The Morgan fingerprint density at radius 1 is 1.28 bits per heavy atom. The van der Waals surface area contributed by atoms with E-state index < -0.39 is 46.9 Å². The summed E-state index contributed by atoms with van der Waals surface area (Å²) in [6.45, 7) is 7.14. The quantitative estimate of drug-likeness (QED) is 0.455. The van der Waals surface area contributed by atoms with Crippen molar-refractivity contribution in [2.75, 3.05) is 20.1 Å². The Morgan fingerprint density at radius 3 is 2.74 bits per heavy atom. The number of aliphatic hydroxyl groups is 1. The summed E-state index contributed by atoms with van der Waals surface area (Å²) in [5.74, 6) is -0.535. The Kier molecular flexibility index (Phi) is 6.58. The first-order valence-electron chi connectivity index (χ1n) is 13.3. The van der Waals surface area contributed by atoms with E-state index in [2.05, 4.69) is 10.2 Å². The Hall–Kier alpha value is -3.31. The van der Waals surface area contributed by atoms with Crippen LogP contribution in [0.15, 0.2) is 24.0 Å². The minimum Gasteiger partial charge on any atom is -0.504 e. The second-order valence-electron chi connectivity index (χ2n) is 11.8. The van der Waals surface area contributed by atoms with E-state index in [1.54, 1.807) is 32.9 Å². The molecule has 39 heavy (non-hydrogen) atoms. The Balaban J connectivity index is 1.25. The third kappa shape index (κ3) is 4.41. The maximum atomic E-state index is 12.8. The zero-order chi connectivity index (χ0) is 28.3. The number of hydrogen-bond donors (Lipinski definition) is 3. The maximum Gasteiger partial charge on any atom is 0.509 e. The second kappa shape index (κ2) is 9.41. The van der Waals surface area contributed by atoms with Gasteiger partial charge in [0.2, 0.25) is 0 Å². The van der Waals surface area contributed by atoms with Crippen LogP contribution >= 0.6 is 0 Å². The number of likely N-dealkylation sites (N-methyl/N-ethyl adjacent to an activating group) is 1. The van der Waals surface area contributed by atoms with Crippen molar-refractivity contribution in [1.82, 2.24) is 10.2 Å². The number of aromatic hydroxyl groups is 1. The molecule has 11 nitrogen and oxygen atoms in total. The van der Waals surface area contributed by atoms with Gasteiger partial charge in [0.05, 0.1) is 17.4 Å². The number of carbonyl (C=O) groups is 3. The number of hydrogen-bond acceptors (Lipinski definition) is 10. The summed E-state index contributed by atoms with van der Waals surface area (Å²) >= 11 is 0. The second-order valence-corrected chi connectivity index (χ2v) is 11.8. The molecule has 4 aliphatic rings. The normalized spacial score (nSPS) is 29.3. The fourth-order valence-electron chi connectivity index (χ4n) is 6.52. The number of piperidine rings is 1. The van der Waals surface area contributed by atoms with Gasteiger partial charge in [-0.1, -0.05) is 6.07 Å². The number of nitrogens with one attached hydrogen (secondary N) is 1. The standard InChI is InChI=1S/C28H36N2O9/c1-15(36-25(34)39-26(2,3)4)24(33)29-12-9-20(32)37-18-8-10-28(35)19-14-16-6-7-17(31)22-21(16)27(28,23(18)38-22)11-13-30(19)5/h6-8,15,19,23,31,35H,9-14H2,1-5H3,(H,29,33)/t15-,19-,23-,27-,28+/m0/s1. The third-order valence-corrected chi connectivity index (χ3v) is 8.25. The molecule has 5 atom stereocenters. The van der Waals surface area contributed by atoms with Gasteiger partial charge in [0.15, 0.2) is 23.7 Å². The van der Waals surface area contributed by atoms with Crippen LogP contribution in [-0.4, -0.2) is 82.7 Å². The summed E-state index contributed by atoms with van der Waals surface area (Å²) in [7, 11) is 2.00. The molecule has 1 spiro atoms. The van der Waals surface area contributed by atoms with Crippen molar-refractivity contribution in [3.63, 3.8) is 0 Å². The molecule has 2 bridgehead atoms. The molecule has 0 aromatic heterocycles. The first-order chi connectivity index (χ1) is 18.3. The minimum absolute atomic E-state index is 0.00615. The average Bonchev–Trinajstić information content (AvgIpc) is 3.19. The summed E-state index contributed by atoms with van der Waals surface area (Å²) in [6, 6.07) is 3.34. The predicted octanol–water partition coefficient (Wildman–Crippen LogP) is 2.06. The summed E-state index contributed by atoms with van der Waals surface area (Å²) in [6.07, 6.45) is 0.211. The minimum atomic E-state index is -1.15. The van der Waals surface area contributed by atoms with E-state index in [0.29, 0.717) is 24.4 Å². The van der Waals surface area contributed by atoms with Crippen molar-refractivity contribution in [2.45, 2.75) is 88.2 Å². The number of likely N-dealkylation sites (tertiary alicyclic amines) is 1. The molecular formula is C28H36N2O9. The Morgan fingerprint density at radius 2 is 2.03 bits per heavy atom. The predicted molar refractivity (Wildman–Crippen MR) is 137 cm³/mol. The molecule has 2 heterocycles. The van der Waals surface area contributed by atoms with Gasteiger partial charge in [-0.25, -0.2) is 4.79 Å². The summed E-state index contributed by atoms with van der Waals surface area (Å²) in [4.78, 5) is 39.0. The van der Waals surface area contributed by atoms with Gasteiger partial charge < -0.3 is 39.4 Å². The smallest absolute Gasteiger partial charge is 0.504 e. The van der Waals surface area contributed by atoms with Crippen LogP contribution < -0.4 is 10.1 Å². The molecule has 2 aliphatic carbocycles. The lowest BCUT2D eigenvalue weighted by Gasteiger charge is -2.61. The van der Waals surface area contributed by atoms with Gasteiger partial charge in [0.1, 0.15) is 11.4 Å². The van der Waals surface area contributed by atoms with Crippen molar-refractivity contribution in [1.29, 1.82) is 0 Å². The average molecular weight is 545 g/mol. The molecule has 5 rings (SSSR count). The highest BCUT2D eigenvalue weighted by Gasteiger charge is 2.72. The van der Waals surface area contributed by atoms with Crippen molar-refractivity contribution < 1.29 is 43.5 Å². The Labute approximate surface area is 227 Å². The van der Waals surface area contributed by atoms with Crippen LogP contribution in [0.5, 0.6) is 11.5 Å². The van der Waals surface area contributed by atoms with E-state index in [4.69, 9.17) is 18.9 Å². The number of phenols is 1. The van der Waals surface area contributed by atoms with E-state index >= 15 is 0 Å². The molecule has 2 aliphatic heterocycles. The van der Waals surface area contributed by atoms with Crippen molar-refractivity contribution in [2.24, 2.45) is 0 Å². The molecule has 0 radical (unpaired) electrons. The van der Waals surface area contributed by atoms with Crippen molar-refractivity contribution in [3.05, 3.63) is 35.1 Å². The number of ether oxygens (including phenoxy) is 4. The third-order valence-electron chi connectivity index (χ3n) is 8.25. The lowest BCUT2D eigenvalue weighted by atomic mass is 9.50. The SMILES string of the molecule is C[C@H](OC(=O)OC(C)(C)C)C(=O)NCCC(=O)OC1=CC[C@@]2(O)[C@@H]3Cc4ccc(O)c5c4[C@@]2(CCN3C)[C@H]1O5. The number of benzene rings is 1. The highest BCUT2D eigenvalue weighted by atomic mass is 16.7. The Bertz CT molecular complexity index is 1240. The van der Waals surface area contributed by atoms with Gasteiger partial charge in [0, 0.05) is 24.6 Å². The molecule has 212 valence electrons. The molecule has 1 aromatic carbocycles. The molecule has 0 saturated carbocycles. The van der Waals surface area contributed by atoms with Gasteiger partial charge >= 0.3 is 12.1 Å². The zero-order valence-corrected chi connectivity index (χ0v) is 22.9. The van der Waals surface area contributed by atoms with Crippen LogP contribution in [0, 0.1) is 0 Å². The lowest BCUT2D eigenvalue weighted by Crippen LogP contribution is -2.74. The molecule has 1 saturated heterocycles. The van der Waals surface area contributed by atoms with Gasteiger partial charge in [0.25, 0.3) is 5.91 Å². The molecule has 11 heteroatoms. The number of esters is 1. The highest BCUT2D eigenvalue weighted by Crippen LogP contribution is 2.65. The fourth-order valence-corrected chi connectivity index (χ4v) is 6.52. The molecule has 1 fully saturated rings. The largest absolute Gasteiger partial charge is 0.509 e. The summed E-state index contributed by atoms with van der Waals surface area (Å²) in [5.41, 5.74) is -0.919. The van der Waals surface area contributed by atoms with Gasteiger partial charge in [-0.05, 0) is 71.8 Å². The lowest BCUT2D eigenvalue weighted by molar-refractivity contribution is -0.169. The van der Waals surface area contributed by atoms with E-state index in [1.165, 1.54) is 6.92 Å². The number of amides is 1. The molecule has 3 N–H and O–H groups in total. The van der Waals surface area contributed by atoms with E-state index in [1.807, 2.05) is 13.1 Å². The first kappa shape index (κ1) is 27.3. The van der Waals surface area contributed by atoms with Crippen LogP contribution in [0.25, 0.3) is 0 Å². The van der Waals surface area contributed by atoms with Gasteiger partial charge in [-0.15, -0.1) is 0 Å². The van der Waals surface area contributed by atoms with Crippen LogP contribution in [0.1, 0.15) is 58.1 Å². The van der Waals surface area contributed by atoms with Gasteiger partial charge in [-0.2, -0.15) is 0 Å². The van der Waals surface area contributed by atoms with Gasteiger partial charge in [-0.3, -0.25) is 9.59 Å². The summed E-state index contributed by atoms with van der Waals surface area (Å²) < 4.78 is 22.0. The van der Waals surface area contributed by atoms with Crippen molar-refractivity contribution in [3.8, 4) is 11.5 Å². The van der Waals surface area contributed by atoms with Crippen LogP contribution in [-0.2, 0) is 35.6 Å². The monoisotopic (exact) mass is 544 g/mol. The van der Waals surface area contributed by atoms with E-state index in [-0.39, 0.29) is 31.2 Å². The summed E-state index contributed by atoms with van der Waals surface area (Å²) in [5, 5.41) is 25.3. The molecule has 1 amide bonds. The van der Waals surface area contributed by atoms with Crippen LogP contribution in [0.3, 0.4) is 0 Å². The molecule has 1 aromatic rings. The number of phenolic OH excluding ortho intramolecular Hbond substituents is 1. The molecule has 0 unspecified atom stereocenters. The maximum absolute atomic E-state index is 12.8. The van der Waals surface area contributed by atoms with E-state index in [9.17, 15) is 24.6 Å². The number of nitrogens with zero attached hydrogens (tertiary/aromatic N) is 1. The fraction of sp³-hybridized carbons (Fsp3) is 0.607. The van der Waals surface area contributed by atoms with Crippen molar-refractivity contribution >= 4 is 18.0 Å².